The average molecular weight is 1380 g/mol. The number of hydrogen-bond acceptors (Lipinski definition) is 15. The van der Waals surface area contributed by atoms with Crippen LogP contribution in [0.25, 0.3) is 0 Å². The minimum Gasteiger partial charge on any atom is -0.462 e. The molecule has 0 rings (SSSR count). The maximum absolute atomic E-state index is 13.1. The van der Waals surface area contributed by atoms with Gasteiger partial charge in [-0.1, -0.05) is 331 Å². The highest BCUT2D eigenvalue weighted by Crippen LogP contribution is 2.45. The number of aliphatic hydroxyl groups excluding tert-OH is 1. The van der Waals surface area contributed by atoms with Gasteiger partial charge in [-0.15, -0.1) is 0 Å². The van der Waals surface area contributed by atoms with E-state index in [-0.39, 0.29) is 25.7 Å². The highest BCUT2D eigenvalue weighted by Gasteiger charge is 2.30. The highest BCUT2D eigenvalue weighted by atomic mass is 31.2. The Balaban J connectivity index is 5.19. The Morgan fingerprint density at radius 2 is 0.489 bits per heavy atom. The second-order valence-corrected chi connectivity index (χ2v) is 31.4. The third-order valence-corrected chi connectivity index (χ3v) is 19.3. The number of aliphatic hydroxyl groups is 1. The lowest BCUT2D eigenvalue weighted by atomic mass is 10.0. The van der Waals surface area contributed by atoms with Crippen LogP contribution in [-0.4, -0.2) is 96.7 Å². The number of unbranched alkanes of at least 4 members (excludes halogenated alkanes) is 41. The normalized spacial score (nSPS) is 14.1. The van der Waals surface area contributed by atoms with E-state index in [2.05, 4.69) is 48.5 Å². The fourth-order valence-corrected chi connectivity index (χ4v) is 13.0. The van der Waals surface area contributed by atoms with Crippen molar-refractivity contribution in [3.63, 3.8) is 0 Å². The predicted molar refractivity (Wildman–Crippen MR) is 381 cm³/mol. The molecule has 558 valence electrons. The van der Waals surface area contributed by atoms with Gasteiger partial charge in [0.15, 0.2) is 12.2 Å². The first-order chi connectivity index (χ1) is 45.2. The number of hydrogen-bond donors (Lipinski definition) is 3. The lowest BCUT2D eigenvalue weighted by Crippen LogP contribution is -2.30. The molecule has 0 spiro atoms. The van der Waals surface area contributed by atoms with E-state index in [4.69, 9.17) is 37.0 Å². The maximum Gasteiger partial charge on any atom is 0.472 e. The molecule has 94 heavy (non-hydrogen) atoms. The van der Waals surface area contributed by atoms with Crippen LogP contribution in [0.5, 0.6) is 0 Å². The number of ether oxygens (including phenoxy) is 4. The lowest BCUT2D eigenvalue weighted by Gasteiger charge is -2.21. The van der Waals surface area contributed by atoms with Crippen molar-refractivity contribution in [3.05, 3.63) is 0 Å². The SMILES string of the molecule is CCCCCCCCCCCCCCCCCCCCCCCC(=O)O[C@H](COC(=O)CCCCCCCCCCCCC(C)C)COP(=O)(O)OC[C@@H](O)COP(=O)(O)OC[C@@H](COC(=O)CCCCCCCCC(C)C)OC(=O)CCCCCCCCCCC(C)C. The lowest BCUT2D eigenvalue weighted by molar-refractivity contribution is -0.161. The Hall–Kier alpha value is -1.94. The molecule has 19 heteroatoms. The zero-order chi connectivity index (χ0) is 69.4. The first-order valence-electron chi connectivity index (χ1n) is 38.8. The van der Waals surface area contributed by atoms with Crippen molar-refractivity contribution in [3.8, 4) is 0 Å². The van der Waals surface area contributed by atoms with Crippen molar-refractivity contribution in [1.82, 2.24) is 0 Å². The van der Waals surface area contributed by atoms with E-state index in [1.54, 1.807) is 0 Å². The summed E-state index contributed by atoms with van der Waals surface area (Å²) in [4.78, 5) is 72.7. The Kier molecular flexibility index (Phi) is 64.3. The minimum atomic E-state index is -4.96. The van der Waals surface area contributed by atoms with Crippen LogP contribution in [0.15, 0.2) is 0 Å². The Labute approximate surface area is 575 Å². The number of carbonyl (C=O) groups is 4. The van der Waals surface area contributed by atoms with E-state index in [0.717, 1.165) is 108 Å². The van der Waals surface area contributed by atoms with Gasteiger partial charge in [-0.2, -0.15) is 0 Å². The van der Waals surface area contributed by atoms with E-state index in [1.807, 2.05) is 0 Å². The molecule has 0 radical (unpaired) electrons. The second kappa shape index (κ2) is 65.7. The Morgan fingerprint density at radius 3 is 0.723 bits per heavy atom. The summed E-state index contributed by atoms with van der Waals surface area (Å²) < 4.78 is 68.4. The summed E-state index contributed by atoms with van der Waals surface area (Å²) >= 11 is 0. The van der Waals surface area contributed by atoms with Crippen molar-refractivity contribution >= 4 is 39.5 Å². The van der Waals surface area contributed by atoms with E-state index in [1.165, 1.54) is 186 Å². The van der Waals surface area contributed by atoms with E-state index in [0.29, 0.717) is 31.6 Å². The molecule has 3 N–H and O–H groups in total. The molecule has 0 fully saturated rings. The van der Waals surface area contributed by atoms with Crippen molar-refractivity contribution < 1.29 is 80.2 Å². The average Bonchev–Trinajstić information content (AvgIpc) is 1.50. The molecular weight excluding hydrogens is 1230 g/mol. The van der Waals surface area contributed by atoms with Gasteiger partial charge in [0.05, 0.1) is 26.4 Å². The van der Waals surface area contributed by atoms with Crippen LogP contribution < -0.4 is 0 Å². The predicted octanol–water partition coefficient (Wildman–Crippen LogP) is 21.8. The van der Waals surface area contributed by atoms with E-state index >= 15 is 0 Å². The summed E-state index contributed by atoms with van der Waals surface area (Å²) in [5, 5.41) is 10.6. The number of rotatable bonds is 73. The molecule has 0 aromatic heterocycles. The summed E-state index contributed by atoms with van der Waals surface area (Å²) in [5.74, 6) is 0.0311. The standard InChI is InChI=1S/C75H146O17P2/c1-8-9-10-11-12-13-14-15-16-17-18-19-20-21-22-23-24-29-35-44-51-58-74(79)91-70(62-85-72(77)56-49-42-34-28-26-25-27-32-39-46-53-66(2)3)64-89-93(81,82)87-60-69(76)61-88-94(83,84)90-65-71(63-86-73(78)57-50-43-38-37-41-48-55-68(6)7)92-75(80)59-52-45-36-31-30-33-40-47-54-67(4)5/h66-71,76H,8-65H2,1-7H3,(H,81,82)(H,83,84)/t69-,70-,71-/m1/s1. The fourth-order valence-electron chi connectivity index (χ4n) is 11.4. The third kappa shape index (κ3) is 68.6. The zero-order valence-corrected chi connectivity index (χ0v) is 63.2. The first kappa shape index (κ1) is 92.1. The molecule has 0 amide bonds. The summed E-state index contributed by atoms with van der Waals surface area (Å²) in [5.41, 5.74) is 0. The van der Waals surface area contributed by atoms with Gasteiger partial charge in [0.1, 0.15) is 19.3 Å². The minimum absolute atomic E-state index is 0.103. The van der Waals surface area contributed by atoms with Crippen molar-refractivity contribution in [2.45, 2.75) is 401 Å². The van der Waals surface area contributed by atoms with Crippen molar-refractivity contribution in [2.24, 2.45) is 17.8 Å². The molecule has 17 nitrogen and oxygen atoms in total. The van der Waals surface area contributed by atoms with Crippen molar-refractivity contribution in [1.29, 1.82) is 0 Å². The third-order valence-electron chi connectivity index (χ3n) is 17.4. The van der Waals surface area contributed by atoms with Gasteiger partial charge >= 0.3 is 39.5 Å². The molecule has 0 aromatic rings. The molecule has 5 atom stereocenters. The molecule has 0 aliphatic carbocycles. The molecule has 0 heterocycles. The topological polar surface area (TPSA) is 237 Å². The maximum atomic E-state index is 13.1. The summed E-state index contributed by atoms with van der Waals surface area (Å²) in [7, 11) is -9.91. The number of esters is 4. The molecule has 0 saturated carbocycles. The highest BCUT2D eigenvalue weighted by molar-refractivity contribution is 7.47. The smallest absolute Gasteiger partial charge is 0.462 e. The van der Waals surface area contributed by atoms with Gasteiger partial charge in [-0.25, -0.2) is 9.13 Å². The van der Waals surface area contributed by atoms with Gasteiger partial charge < -0.3 is 33.8 Å². The van der Waals surface area contributed by atoms with E-state index < -0.39 is 97.5 Å². The largest absolute Gasteiger partial charge is 0.472 e. The number of phosphoric acid groups is 2. The first-order valence-corrected chi connectivity index (χ1v) is 41.8. The van der Waals surface area contributed by atoms with Gasteiger partial charge in [0, 0.05) is 25.7 Å². The second-order valence-electron chi connectivity index (χ2n) is 28.5. The van der Waals surface area contributed by atoms with Gasteiger partial charge in [0.2, 0.25) is 0 Å². The number of phosphoric ester groups is 2. The van der Waals surface area contributed by atoms with Gasteiger partial charge in [-0.3, -0.25) is 37.3 Å². The van der Waals surface area contributed by atoms with Gasteiger partial charge in [0.25, 0.3) is 0 Å². The summed E-state index contributed by atoms with van der Waals surface area (Å²) in [6, 6.07) is 0. The van der Waals surface area contributed by atoms with E-state index in [9.17, 15) is 43.2 Å². The molecule has 2 unspecified atom stereocenters. The Bertz CT molecular complexity index is 1840. The van der Waals surface area contributed by atoms with Crippen LogP contribution >= 0.6 is 15.6 Å². The quantitative estimate of drug-likeness (QED) is 0.0222. The van der Waals surface area contributed by atoms with Crippen molar-refractivity contribution in [2.75, 3.05) is 39.6 Å². The van der Waals surface area contributed by atoms with Crippen LogP contribution in [0.4, 0.5) is 0 Å². The monoisotopic (exact) mass is 1380 g/mol. The van der Waals surface area contributed by atoms with Crippen LogP contribution in [0, 0.1) is 17.8 Å². The van der Waals surface area contributed by atoms with Crippen LogP contribution in [0.1, 0.15) is 382 Å². The molecule has 0 saturated heterocycles. The summed E-state index contributed by atoms with van der Waals surface area (Å²) in [6.07, 6.45) is 51.7. The fraction of sp³-hybridized carbons (Fsp3) is 0.947. The molecule has 0 aromatic carbocycles. The van der Waals surface area contributed by atoms with Crippen LogP contribution in [0.3, 0.4) is 0 Å². The van der Waals surface area contributed by atoms with Gasteiger partial charge in [-0.05, 0) is 43.4 Å². The van der Waals surface area contributed by atoms with Crippen LogP contribution in [-0.2, 0) is 65.4 Å². The molecule has 0 bridgehead atoms. The molecular formula is C75H146O17P2. The molecule has 0 aliphatic heterocycles. The Morgan fingerprint density at radius 1 is 0.287 bits per heavy atom. The zero-order valence-electron chi connectivity index (χ0n) is 61.4. The summed E-state index contributed by atoms with van der Waals surface area (Å²) in [6.45, 7) is 11.8. The number of carbonyl (C=O) groups excluding carboxylic acids is 4. The van der Waals surface area contributed by atoms with Crippen LogP contribution in [0.2, 0.25) is 0 Å². The molecule has 0 aliphatic rings.